The Kier molecular flexibility index (Phi) is 4.19. The summed E-state index contributed by atoms with van der Waals surface area (Å²) < 4.78 is 0. The van der Waals surface area contributed by atoms with Crippen LogP contribution in [0.5, 0.6) is 0 Å². The number of carbonyl (C=O) groups excluding carboxylic acids is 2. The highest BCUT2D eigenvalue weighted by atomic mass is 35.5. The van der Waals surface area contributed by atoms with Crippen molar-refractivity contribution in [1.29, 1.82) is 0 Å². The van der Waals surface area contributed by atoms with Crippen LogP contribution in [-0.4, -0.2) is 11.8 Å². The van der Waals surface area contributed by atoms with E-state index in [0.29, 0.717) is 10.0 Å². The Balaban J connectivity index is 2.04. The molecule has 22 heavy (non-hydrogen) atoms. The SMILES string of the molecule is O=C1CC(c2ccc(Cl)cc2)C(c2cccc(Cl)c2)C(=O)N1. The smallest absolute Gasteiger partial charge is 0.234 e. The van der Waals surface area contributed by atoms with E-state index < -0.39 is 5.92 Å². The zero-order chi connectivity index (χ0) is 15.7. The van der Waals surface area contributed by atoms with Gasteiger partial charge in [-0.25, -0.2) is 0 Å². The van der Waals surface area contributed by atoms with Crippen LogP contribution in [-0.2, 0) is 9.59 Å². The maximum atomic E-state index is 12.4. The van der Waals surface area contributed by atoms with Crippen molar-refractivity contribution in [2.24, 2.45) is 0 Å². The Morgan fingerprint density at radius 1 is 0.909 bits per heavy atom. The van der Waals surface area contributed by atoms with Gasteiger partial charge in [0.05, 0.1) is 5.92 Å². The third-order valence-corrected chi connectivity index (χ3v) is 4.35. The van der Waals surface area contributed by atoms with Crippen LogP contribution in [0.2, 0.25) is 10.0 Å². The van der Waals surface area contributed by atoms with Crippen LogP contribution in [0, 0.1) is 0 Å². The molecule has 2 atom stereocenters. The Morgan fingerprint density at radius 3 is 2.32 bits per heavy atom. The predicted molar refractivity (Wildman–Crippen MR) is 86.2 cm³/mol. The maximum Gasteiger partial charge on any atom is 0.234 e. The molecule has 1 N–H and O–H groups in total. The number of amides is 2. The molecule has 2 aromatic carbocycles. The lowest BCUT2D eigenvalue weighted by Crippen LogP contribution is -2.43. The molecule has 2 aromatic rings. The van der Waals surface area contributed by atoms with Gasteiger partial charge < -0.3 is 0 Å². The lowest BCUT2D eigenvalue weighted by molar-refractivity contribution is -0.135. The maximum absolute atomic E-state index is 12.4. The van der Waals surface area contributed by atoms with Crippen LogP contribution in [0.4, 0.5) is 0 Å². The van der Waals surface area contributed by atoms with Crippen LogP contribution in [0.25, 0.3) is 0 Å². The van der Waals surface area contributed by atoms with Crippen LogP contribution in [0.1, 0.15) is 29.4 Å². The number of hydrogen-bond donors (Lipinski definition) is 1. The first kappa shape index (κ1) is 15.1. The molecule has 0 aromatic heterocycles. The van der Waals surface area contributed by atoms with Gasteiger partial charge in [-0.15, -0.1) is 0 Å². The third-order valence-electron chi connectivity index (χ3n) is 3.86. The Morgan fingerprint density at radius 2 is 1.64 bits per heavy atom. The van der Waals surface area contributed by atoms with Crippen molar-refractivity contribution in [3.63, 3.8) is 0 Å². The number of piperidine rings is 1. The number of imide groups is 1. The van der Waals surface area contributed by atoms with E-state index >= 15 is 0 Å². The van der Waals surface area contributed by atoms with Gasteiger partial charge in [0.2, 0.25) is 11.8 Å². The molecule has 2 unspecified atom stereocenters. The van der Waals surface area contributed by atoms with Crippen molar-refractivity contribution in [2.75, 3.05) is 0 Å². The second kappa shape index (κ2) is 6.11. The molecule has 1 saturated heterocycles. The van der Waals surface area contributed by atoms with Gasteiger partial charge in [0.15, 0.2) is 0 Å². The quantitative estimate of drug-likeness (QED) is 0.847. The molecule has 0 radical (unpaired) electrons. The average molecular weight is 334 g/mol. The van der Waals surface area contributed by atoms with E-state index in [1.807, 2.05) is 18.2 Å². The van der Waals surface area contributed by atoms with Crippen LogP contribution in [0.15, 0.2) is 48.5 Å². The molecule has 3 rings (SSSR count). The first-order valence-electron chi connectivity index (χ1n) is 6.89. The highest BCUT2D eigenvalue weighted by molar-refractivity contribution is 6.30. The summed E-state index contributed by atoms with van der Waals surface area (Å²) in [6.07, 6.45) is 0.255. The summed E-state index contributed by atoms with van der Waals surface area (Å²) in [5, 5.41) is 3.60. The average Bonchev–Trinajstić information content (AvgIpc) is 2.47. The van der Waals surface area contributed by atoms with Crippen LogP contribution >= 0.6 is 23.2 Å². The molecule has 2 amide bonds. The molecule has 5 heteroatoms. The standard InChI is InChI=1S/C17H13Cl2NO2/c18-12-6-4-10(5-7-12)14-9-15(21)20-17(22)16(14)11-2-1-3-13(19)8-11/h1-8,14,16H,9H2,(H,20,21,22). The number of rotatable bonds is 2. The number of benzene rings is 2. The summed E-state index contributed by atoms with van der Waals surface area (Å²) in [5.74, 6) is -1.23. The molecule has 3 nitrogen and oxygen atoms in total. The second-order valence-corrected chi connectivity index (χ2v) is 6.18. The topological polar surface area (TPSA) is 46.2 Å². The second-order valence-electron chi connectivity index (χ2n) is 5.31. The predicted octanol–water partition coefficient (Wildman–Crippen LogP) is 3.91. The van der Waals surface area contributed by atoms with Gasteiger partial charge in [0, 0.05) is 22.4 Å². The van der Waals surface area contributed by atoms with E-state index in [9.17, 15) is 9.59 Å². The normalized spacial score (nSPS) is 21.5. The van der Waals surface area contributed by atoms with E-state index in [1.54, 1.807) is 30.3 Å². The largest absolute Gasteiger partial charge is 0.296 e. The van der Waals surface area contributed by atoms with E-state index in [-0.39, 0.29) is 24.2 Å². The number of nitrogens with one attached hydrogen (secondary N) is 1. The Labute approximate surface area is 138 Å². The van der Waals surface area contributed by atoms with Crippen molar-refractivity contribution in [3.05, 3.63) is 69.7 Å². The van der Waals surface area contributed by atoms with Crippen molar-refractivity contribution in [1.82, 2.24) is 5.32 Å². The molecule has 1 fully saturated rings. The van der Waals surface area contributed by atoms with Crippen molar-refractivity contribution in [2.45, 2.75) is 18.3 Å². The Hall–Kier alpha value is -1.84. The van der Waals surface area contributed by atoms with Gasteiger partial charge in [-0.2, -0.15) is 0 Å². The van der Waals surface area contributed by atoms with Crippen molar-refractivity contribution >= 4 is 35.0 Å². The van der Waals surface area contributed by atoms with Gasteiger partial charge in [0.25, 0.3) is 0 Å². The molecule has 1 aliphatic rings. The fraction of sp³-hybridized carbons (Fsp3) is 0.176. The van der Waals surface area contributed by atoms with Gasteiger partial charge in [-0.05, 0) is 35.4 Å². The zero-order valence-corrected chi connectivity index (χ0v) is 13.1. The summed E-state index contributed by atoms with van der Waals surface area (Å²) in [5.41, 5.74) is 1.72. The minimum Gasteiger partial charge on any atom is -0.296 e. The summed E-state index contributed by atoms with van der Waals surface area (Å²) in [6, 6.07) is 14.4. The molecule has 0 saturated carbocycles. The molecule has 0 aliphatic carbocycles. The van der Waals surface area contributed by atoms with E-state index in [1.165, 1.54) is 0 Å². The molecule has 0 spiro atoms. The fourth-order valence-electron chi connectivity index (χ4n) is 2.87. The van der Waals surface area contributed by atoms with E-state index in [0.717, 1.165) is 11.1 Å². The number of halogens is 2. The molecule has 0 bridgehead atoms. The van der Waals surface area contributed by atoms with E-state index in [2.05, 4.69) is 5.32 Å². The van der Waals surface area contributed by atoms with Gasteiger partial charge in [-0.1, -0.05) is 47.5 Å². The summed E-state index contributed by atoms with van der Waals surface area (Å²) in [6.45, 7) is 0. The van der Waals surface area contributed by atoms with E-state index in [4.69, 9.17) is 23.2 Å². The van der Waals surface area contributed by atoms with Gasteiger partial charge >= 0.3 is 0 Å². The van der Waals surface area contributed by atoms with Crippen LogP contribution < -0.4 is 5.32 Å². The summed E-state index contributed by atoms with van der Waals surface area (Å²) >= 11 is 12.0. The minimum absolute atomic E-state index is 0.225. The fourth-order valence-corrected chi connectivity index (χ4v) is 3.20. The lowest BCUT2D eigenvalue weighted by Gasteiger charge is -2.31. The van der Waals surface area contributed by atoms with Crippen molar-refractivity contribution in [3.8, 4) is 0 Å². The first-order chi connectivity index (χ1) is 10.5. The third kappa shape index (κ3) is 3.01. The number of hydrogen-bond acceptors (Lipinski definition) is 2. The zero-order valence-electron chi connectivity index (χ0n) is 11.6. The van der Waals surface area contributed by atoms with Gasteiger partial charge in [0.1, 0.15) is 0 Å². The highest BCUT2D eigenvalue weighted by Crippen LogP contribution is 2.39. The van der Waals surface area contributed by atoms with Gasteiger partial charge in [-0.3, -0.25) is 14.9 Å². The summed E-state index contributed by atoms with van der Waals surface area (Å²) in [4.78, 5) is 24.1. The highest BCUT2D eigenvalue weighted by Gasteiger charge is 2.37. The molecular formula is C17H13Cl2NO2. The lowest BCUT2D eigenvalue weighted by atomic mass is 9.76. The minimum atomic E-state index is -0.447. The molecule has 1 aliphatic heterocycles. The van der Waals surface area contributed by atoms with Crippen molar-refractivity contribution < 1.29 is 9.59 Å². The summed E-state index contributed by atoms with van der Waals surface area (Å²) in [7, 11) is 0. The number of carbonyl (C=O) groups is 2. The monoisotopic (exact) mass is 333 g/mol. The molecule has 1 heterocycles. The Bertz CT molecular complexity index is 728. The first-order valence-corrected chi connectivity index (χ1v) is 7.65. The molecule has 112 valence electrons. The molecular weight excluding hydrogens is 321 g/mol. The van der Waals surface area contributed by atoms with Crippen LogP contribution in [0.3, 0.4) is 0 Å².